The molecule has 0 aliphatic rings. The summed E-state index contributed by atoms with van der Waals surface area (Å²) in [4.78, 5) is 26.5. The second-order valence-electron chi connectivity index (χ2n) is 6.19. The number of anilines is 1. The number of amides is 1. The van der Waals surface area contributed by atoms with Crippen LogP contribution in [0.5, 0.6) is 0 Å². The van der Waals surface area contributed by atoms with E-state index in [-0.39, 0.29) is 18.0 Å². The van der Waals surface area contributed by atoms with Gasteiger partial charge < -0.3 is 9.80 Å². The predicted molar refractivity (Wildman–Crippen MR) is 98.9 cm³/mol. The highest BCUT2D eigenvalue weighted by Gasteiger charge is 2.13. The third kappa shape index (κ3) is 5.04. The van der Waals surface area contributed by atoms with E-state index in [0.717, 1.165) is 12.1 Å². The van der Waals surface area contributed by atoms with Crippen molar-refractivity contribution < 1.29 is 9.72 Å². The summed E-state index contributed by atoms with van der Waals surface area (Å²) in [5.41, 5.74) is 2.98. The van der Waals surface area contributed by atoms with Gasteiger partial charge in [-0.15, -0.1) is 0 Å². The van der Waals surface area contributed by atoms with E-state index in [1.807, 2.05) is 26.2 Å². The fourth-order valence-electron chi connectivity index (χ4n) is 2.66. The highest BCUT2D eigenvalue weighted by Crippen LogP contribution is 2.19. The van der Waals surface area contributed by atoms with E-state index in [2.05, 4.69) is 17.0 Å². The first kappa shape index (κ1) is 18.4. The van der Waals surface area contributed by atoms with E-state index >= 15 is 0 Å². The Morgan fingerprint density at radius 1 is 1.08 bits per heavy atom. The number of rotatable bonds is 7. The molecule has 132 valence electrons. The Hall–Kier alpha value is -2.89. The number of para-hydroxylation sites is 1. The summed E-state index contributed by atoms with van der Waals surface area (Å²) in [6, 6.07) is 14.3. The van der Waals surface area contributed by atoms with Crippen LogP contribution in [-0.2, 0) is 17.6 Å². The zero-order valence-electron chi connectivity index (χ0n) is 14.8. The number of non-ortho nitro benzene ring substituents is 1. The van der Waals surface area contributed by atoms with Crippen LogP contribution in [0.15, 0.2) is 48.5 Å². The first-order valence-corrected chi connectivity index (χ1v) is 8.11. The van der Waals surface area contributed by atoms with Crippen LogP contribution in [0.4, 0.5) is 11.4 Å². The quantitative estimate of drug-likeness (QED) is 0.574. The van der Waals surface area contributed by atoms with Crippen molar-refractivity contribution >= 4 is 17.3 Å². The summed E-state index contributed by atoms with van der Waals surface area (Å²) in [5.74, 6) is -0.0529. The van der Waals surface area contributed by atoms with Gasteiger partial charge in [0, 0.05) is 45.5 Å². The lowest BCUT2D eigenvalue weighted by Gasteiger charge is -2.21. The minimum Gasteiger partial charge on any atom is -0.377 e. The van der Waals surface area contributed by atoms with Crippen LogP contribution >= 0.6 is 0 Å². The third-order valence-electron chi connectivity index (χ3n) is 4.09. The van der Waals surface area contributed by atoms with Crippen LogP contribution in [0.2, 0.25) is 0 Å². The molecule has 0 aliphatic heterocycles. The maximum Gasteiger partial charge on any atom is 0.269 e. The number of nitro groups is 1. The summed E-state index contributed by atoms with van der Waals surface area (Å²) in [5, 5.41) is 10.8. The number of nitrogens with zero attached hydrogens (tertiary/aromatic N) is 3. The fourth-order valence-corrected chi connectivity index (χ4v) is 2.66. The van der Waals surface area contributed by atoms with Crippen LogP contribution in [0.25, 0.3) is 0 Å². The molecule has 0 saturated heterocycles. The molecule has 6 heteroatoms. The van der Waals surface area contributed by atoms with Gasteiger partial charge in [0.15, 0.2) is 0 Å². The van der Waals surface area contributed by atoms with Gasteiger partial charge in [0.25, 0.3) is 5.69 Å². The molecule has 6 nitrogen and oxygen atoms in total. The fraction of sp³-hybridized carbons (Fsp3) is 0.316. The van der Waals surface area contributed by atoms with Gasteiger partial charge in [0.1, 0.15) is 0 Å². The minimum absolute atomic E-state index is 0.00728. The normalized spacial score (nSPS) is 10.4. The van der Waals surface area contributed by atoms with Crippen molar-refractivity contribution in [2.45, 2.75) is 12.8 Å². The molecule has 2 rings (SSSR count). The summed E-state index contributed by atoms with van der Waals surface area (Å²) in [7, 11) is 5.75. The predicted octanol–water partition coefficient (Wildman–Crippen LogP) is 2.90. The van der Waals surface area contributed by atoms with Crippen molar-refractivity contribution in [2.75, 3.05) is 32.6 Å². The molecule has 0 aromatic heterocycles. The lowest BCUT2D eigenvalue weighted by molar-refractivity contribution is -0.384. The van der Waals surface area contributed by atoms with Gasteiger partial charge in [-0.25, -0.2) is 0 Å². The number of carbonyl (C=O) groups is 1. The van der Waals surface area contributed by atoms with Crippen molar-refractivity contribution in [3.63, 3.8) is 0 Å². The highest BCUT2D eigenvalue weighted by atomic mass is 16.6. The lowest BCUT2D eigenvalue weighted by atomic mass is 10.1. The lowest BCUT2D eigenvalue weighted by Crippen LogP contribution is -2.30. The number of benzene rings is 2. The monoisotopic (exact) mass is 341 g/mol. The van der Waals surface area contributed by atoms with Gasteiger partial charge >= 0.3 is 0 Å². The minimum atomic E-state index is -0.449. The Morgan fingerprint density at radius 2 is 1.80 bits per heavy atom. The van der Waals surface area contributed by atoms with E-state index in [9.17, 15) is 14.9 Å². The topological polar surface area (TPSA) is 66.7 Å². The molecule has 0 unspecified atom stereocenters. The van der Waals surface area contributed by atoms with Gasteiger partial charge in [0.2, 0.25) is 5.91 Å². The maximum atomic E-state index is 12.4. The molecule has 2 aromatic rings. The molecule has 0 bridgehead atoms. The Labute approximate surface area is 147 Å². The van der Waals surface area contributed by atoms with Crippen LogP contribution in [0, 0.1) is 10.1 Å². The average Bonchev–Trinajstić information content (AvgIpc) is 2.59. The van der Waals surface area contributed by atoms with Gasteiger partial charge in [-0.2, -0.15) is 0 Å². The molecule has 0 N–H and O–H groups in total. The van der Waals surface area contributed by atoms with E-state index in [1.165, 1.54) is 17.7 Å². The number of hydrogen-bond acceptors (Lipinski definition) is 4. The SMILES string of the molecule is CN(CCc1ccccc1N(C)C)C(=O)Cc1cccc([N+](=O)[O-])c1. The molecule has 2 aromatic carbocycles. The van der Waals surface area contributed by atoms with Crippen LogP contribution < -0.4 is 4.90 Å². The standard InChI is InChI=1S/C19H23N3O3/c1-20(2)18-10-5-4-8-16(18)11-12-21(3)19(23)14-15-7-6-9-17(13-15)22(24)25/h4-10,13H,11-12,14H2,1-3H3. The average molecular weight is 341 g/mol. The van der Waals surface area contributed by atoms with Crippen molar-refractivity contribution in [1.29, 1.82) is 0 Å². The first-order valence-electron chi connectivity index (χ1n) is 8.11. The maximum absolute atomic E-state index is 12.4. The summed E-state index contributed by atoms with van der Waals surface area (Å²) < 4.78 is 0. The largest absolute Gasteiger partial charge is 0.377 e. The van der Waals surface area contributed by atoms with E-state index in [1.54, 1.807) is 24.1 Å². The number of likely N-dealkylation sites (N-methyl/N-ethyl adjacent to an activating group) is 1. The molecule has 0 atom stereocenters. The Balaban J connectivity index is 1.97. The number of nitro benzene ring substituents is 1. The molecule has 0 radical (unpaired) electrons. The van der Waals surface area contributed by atoms with E-state index in [4.69, 9.17) is 0 Å². The van der Waals surface area contributed by atoms with Crippen molar-refractivity contribution in [3.05, 3.63) is 69.8 Å². The van der Waals surface area contributed by atoms with E-state index < -0.39 is 4.92 Å². The van der Waals surface area contributed by atoms with Crippen molar-refractivity contribution in [1.82, 2.24) is 4.90 Å². The second kappa shape index (κ2) is 8.28. The molecule has 25 heavy (non-hydrogen) atoms. The third-order valence-corrected chi connectivity index (χ3v) is 4.09. The number of carbonyl (C=O) groups excluding carboxylic acids is 1. The number of hydrogen-bond donors (Lipinski definition) is 0. The van der Waals surface area contributed by atoms with Crippen LogP contribution in [0.3, 0.4) is 0 Å². The van der Waals surface area contributed by atoms with Gasteiger partial charge in [-0.3, -0.25) is 14.9 Å². The van der Waals surface area contributed by atoms with Gasteiger partial charge in [-0.05, 0) is 23.6 Å². The van der Waals surface area contributed by atoms with Gasteiger partial charge in [-0.1, -0.05) is 30.3 Å². The summed E-state index contributed by atoms with van der Waals surface area (Å²) in [6.07, 6.45) is 0.916. The molecule has 0 fully saturated rings. The van der Waals surface area contributed by atoms with Crippen molar-refractivity contribution in [3.8, 4) is 0 Å². The van der Waals surface area contributed by atoms with Crippen LogP contribution in [0.1, 0.15) is 11.1 Å². The van der Waals surface area contributed by atoms with E-state index in [0.29, 0.717) is 12.1 Å². The molecular weight excluding hydrogens is 318 g/mol. The molecule has 0 spiro atoms. The zero-order chi connectivity index (χ0) is 18.4. The summed E-state index contributed by atoms with van der Waals surface area (Å²) in [6.45, 7) is 0.596. The molecule has 0 saturated carbocycles. The first-order chi connectivity index (χ1) is 11.9. The molecular formula is C19H23N3O3. The molecule has 0 aliphatic carbocycles. The molecule has 1 amide bonds. The smallest absolute Gasteiger partial charge is 0.269 e. The second-order valence-corrected chi connectivity index (χ2v) is 6.19. The summed E-state index contributed by atoms with van der Waals surface area (Å²) >= 11 is 0. The Morgan fingerprint density at radius 3 is 2.48 bits per heavy atom. The zero-order valence-corrected chi connectivity index (χ0v) is 14.8. The highest BCUT2D eigenvalue weighted by molar-refractivity contribution is 5.78. The Kier molecular flexibility index (Phi) is 6.11. The van der Waals surface area contributed by atoms with Crippen molar-refractivity contribution in [2.24, 2.45) is 0 Å². The van der Waals surface area contributed by atoms with Crippen LogP contribution in [-0.4, -0.2) is 43.4 Å². The Bertz CT molecular complexity index is 759. The van der Waals surface area contributed by atoms with Gasteiger partial charge in [0.05, 0.1) is 11.3 Å². The molecule has 0 heterocycles.